The second-order valence-electron chi connectivity index (χ2n) is 6.78. The lowest BCUT2D eigenvalue weighted by atomic mass is 9.85. The van der Waals surface area contributed by atoms with E-state index in [0.717, 1.165) is 12.8 Å². The minimum atomic E-state index is -1.20. The quantitative estimate of drug-likeness (QED) is 0.821. The molecule has 0 amide bonds. The number of likely N-dealkylation sites (tertiary alicyclic amines) is 1. The molecule has 1 aromatic carbocycles. The highest BCUT2D eigenvalue weighted by atomic mass is 16.6. The molecule has 2 N–H and O–H groups in total. The maximum Gasteiger partial charge on any atom is 0.339 e. The second kappa shape index (κ2) is 6.16. The zero-order valence-corrected chi connectivity index (χ0v) is 13.3. The number of hydrogen-bond acceptors (Lipinski definition) is 3. The molecular formula is C17H26NO3+. The first-order chi connectivity index (χ1) is 9.81. The standard InChI is InChI=1S/C17H25NO3/c1-12-10-14(11-17(2,3)18(12)4)21-16(20)15(19)13-8-6-5-7-9-13/h5-9,12,14-15,19H,10-11H2,1-4H3/p+1/t12-,14+,15+/m0/s1. The van der Waals surface area contributed by atoms with Crippen LogP contribution in [0, 0.1) is 0 Å². The average molecular weight is 292 g/mol. The topological polar surface area (TPSA) is 51.0 Å². The fourth-order valence-electron chi connectivity index (χ4n) is 3.14. The van der Waals surface area contributed by atoms with Gasteiger partial charge in [-0.05, 0) is 26.3 Å². The van der Waals surface area contributed by atoms with Gasteiger partial charge in [0, 0.05) is 12.8 Å². The molecule has 1 aliphatic heterocycles. The Morgan fingerprint density at radius 3 is 2.57 bits per heavy atom. The summed E-state index contributed by atoms with van der Waals surface area (Å²) < 4.78 is 5.56. The number of piperidine rings is 1. The zero-order valence-electron chi connectivity index (χ0n) is 13.3. The summed E-state index contributed by atoms with van der Waals surface area (Å²) in [5.74, 6) is -0.547. The number of nitrogens with one attached hydrogen (secondary N) is 1. The number of rotatable bonds is 3. The largest absolute Gasteiger partial charge is 0.460 e. The van der Waals surface area contributed by atoms with Crippen LogP contribution in [0.25, 0.3) is 0 Å². The highest BCUT2D eigenvalue weighted by molar-refractivity contribution is 5.76. The van der Waals surface area contributed by atoms with Crippen molar-refractivity contribution < 1.29 is 19.5 Å². The van der Waals surface area contributed by atoms with Crippen LogP contribution in [0.4, 0.5) is 0 Å². The summed E-state index contributed by atoms with van der Waals surface area (Å²) in [5, 5.41) is 10.1. The highest BCUT2D eigenvalue weighted by Gasteiger charge is 2.42. The molecule has 0 saturated carbocycles. The molecule has 0 radical (unpaired) electrons. The summed E-state index contributed by atoms with van der Waals surface area (Å²) in [6, 6.07) is 9.35. The maximum atomic E-state index is 12.1. The fourth-order valence-corrected chi connectivity index (χ4v) is 3.14. The van der Waals surface area contributed by atoms with E-state index >= 15 is 0 Å². The van der Waals surface area contributed by atoms with Crippen LogP contribution in [0.1, 0.15) is 45.3 Å². The molecule has 0 spiro atoms. The number of benzene rings is 1. The van der Waals surface area contributed by atoms with Crippen molar-refractivity contribution in [1.82, 2.24) is 0 Å². The van der Waals surface area contributed by atoms with Crippen LogP contribution < -0.4 is 4.90 Å². The van der Waals surface area contributed by atoms with Gasteiger partial charge in [0.1, 0.15) is 6.10 Å². The number of aliphatic hydroxyl groups excluding tert-OH is 1. The van der Waals surface area contributed by atoms with E-state index in [4.69, 9.17) is 4.74 Å². The van der Waals surface area contributed by atoms with Crippen LogP contribution in [-0.2, 0) is 9.53 Å². The zero-order chi connectivity index (χ0) is 15.6. The molecule has 116 valence electrons. The number of aliphatic hydroxyl groups is 1. The molecule has 4 heteroatoms. The predicted octanol–water partition coefficient (Wildman–Crippen LogP) is 1.11. The first-order valence-corrected chi connectivity index (χ1v) is 7.58. The molecule has 21 heavy (non-hydrogen) atoms. The molecule has 1 saturated heterocycles. The maximum absolute atomic E-state index is 12.1. The Kier molecular flexibility index (Phi) is 4.69. The molecule has 2 rings (SSSR count). The molecule has 4 atom stereocenters. The van der Waals surface area contributed by atoms with Gasteiger partial charge in [-0.25, -0.2) is 4.79 Å². The number of carbonyl (C=O) groups excluding carboxylic acids is 1. The van der Waals surface area contributed by atoms with Crippen LogP contribution in [0.2, 0.25) is 0 Å². The van der Waals surface area contributed by atoms with Crippen molar-refractivity contribution in [1.29, 1.82) is 0 Å². The molecule has 1 aromatic rings. The molecule has 0 aromatic heterocycles. The van der Waals surface area contributed by atoms with E-state index in [1.54, 1.807) is 24.3 Å². The molecule has 1 heterocycles. The van der Waals surface area contributed by atoms with Crippen LogP contribution in [0.3, 0.4) is 0 Å². The van der Waals surface area contributed by atoms with Crippen molar-refractivity contribution in [2.24, 2.45) is 0 Å². The molecule has 0 bridgehead atoms. The molecule has 1 fully saturated rings. The van der Waals surface area contributed by atoms with Gasteiger partial charge in [0.25, 0.3) is 0 Å². The molecular weight excluding hydrogens is 266 g/mol. The minimum Gasteiger partial charge on any atom is -0.460 e. The van der Waals surface area contributed by atoms with Crippen molar-refractivity contribution in [3.05, 3.63) is 35.9 Å². The SMILES string of the molecule is C[C@H]1C[C@@H](OC(=O)[C@H](O)c2ccccc2)CC(C)(C)[NH+]1C. The van der Waals surface area contributed by atoms with E-state index < -0.39 is 12.1 Å². The van der Waals surface area contributed by atoms with Crippen LogP contribution in [0.15, 0.2) is 30.3 Å². The van der Waals surface area contributed by atoms with Crippen molar-refractivity contribution >= 4 is 5.97 Å². The predicted molar refractivity (Wildman–Crippen MR) is 80.9 cm³/mol. The lowest BCUT2D eigenvalue weighted by Crippen LogP contribution is -3.21. The number of ether oxygens (including phenoxy) is 1. The van der Waals surface area contributed by atoms with Gasteiger partial charge in [-0.15, -0.1) is 0 Å². The first-order valence-electron chi connectivity index (χ1n) is 7.58. The van der Waals surface area contributed by atoms with Crippen molar-refractivity contribution in [2.45, 2.75) is 57.4 Å². The van der Waals surface area contributed by atoms with Gasteiger partial charge in [-0.3, -0.25) is 0 Å². The van der Waals surface area contributed by atoms with E-state index in [-0.39, 0.29) is 11.6 Å². The molecule has 0 aliphatic carbocycles. The first kappa shape index (κ1) is 16.0. The van der Waals surface area contributed by atoms with Gasteiger partial charge in [0.2, 0.25) is 0 Å². The van der Waals surface area contributed by atoms with Gasteiger partial charge in [-0.1, -0.05) is 30.3 Å². The van der Waals surface area contributed by atoms with Gasteiger partial charge in [-0.2, -0.15) is 0 Å². The Morgan fingerprint density at radius 1 is 1.38 bits per heavy atom. The average Bonchev–Trinajstić information content (AvgIpc) is 2.44. The van der Waals surface area contributed by atoms with E-state index in [1.807, 2.05) is 6.07 Å². The second-order valence-corrected chi connectivity index (χ2v) is 6.78. The third kappa shape index (κ3) is 3.63. The molecule has 4 nitrogen and oxygen atoms in total. The summed E-state index contributed by atoms with van der Waals surface area (Å²) in [7, 11) is 2.18. The summed E-state index contributed by atoms with van der Waals surface area (Å²) in [6.45, 7) is 6.55. The lowest BCUT2D eigenvalue weighted by Gasteiger charge is -2.44. The Balaban J connectivity index is 2.00. The summed E-state index contributed by atoms with van der Waals surface area (Å²) in [5.41, 5.74) is 0.647. The number of hydrogen-bond donors (Lipinski definition) is 2. The van der Waals surface area contributed by atoms with Crippen LogP contribution >= 0.6 is 0 Å². The number of quaternary nitrogens is 1. The van der Waals surface area contributed by atoms with Crippen molar-refractivity contribution in [3.8, 4) is 0 Å². The summed E-state index contributed by atoms with van der Waals surface area (Å²) >= 11 is 0. The molecule has 1 unspecified atom stereocenters. The number of carbonyl (C=O) groups is 1. The van der Waals surface area contributed by atoms with Gasteiger partial charge in [0.15, 0.2) is 6.10 Å². The van der Waals surface area contributed by atoms with Crippen molar-refractivity contribution in [3.63, 3.8) is 0 Å². The van der Waals surface area contributed by atoms with E-state index in [2.05, 4.69) is 27.8 Å². The van der Waals surface area contributed by atoms with E-state index in [9.17, 15) is 9.90 Å². The number of esters is 1. The van der Waals surface area contributed by atoms with E-state index in [1.165, 1.54) is 4.90 Å². The fraction of sp³-hybridized carbons (Fsp3) is 0.588. The highest BCUT2D eigenvalue weighted by Crippen LogP contribution is 2.23. The minimum absolute atomic E-state index is 0.0698. The van der Waals surface area contributed by atoms with Crippen LogP contribution in [-0.4, -0.2) is 35.8 Å². The third-order valence-corrected chi connectivity index (χ3v) is 4.78. The lowest BCUT2D eigenvalue weighted by molar-refractivity contribution is -0.959. The Labute approximate surface area is 126 Å². The normalized spacial score (nSPS) is 29.7. The third-order valence-electron chi connectivity index (χ3n) is 4.78. The summed E-state index contributed by atoms with van der Waals surface area (Å²) in [4.78, 5) is 13.6. The van der Waals surface area contributed by atoms with Crippen LogP contribution in [0.5, 0.6) is 0 Å². The Bertz CT molecular complexity index is 486. The van der Waals surface area contributed by atoms with Gasteiger partial charge < -0.3 is 14.7 Å². The Morgan fingerprint density at radius 2 is 2.00 bits per heavy atom. The van der Waals surface area contributed by atoms with Gasteiger partial charge in [0.05, 0.1) is 18.6 Å². The van der Waals surface area contributed by atoms with Gasteiger partial charge >= 0.3 is 5.97 Å². The molecule has 1 aliphatic rings. The smallest absolute Gasteiger partial charge is 0.339 e. The van der Waals surface area contributed by atoms with Crippen molar-refractivity contribution in [2.75, 3.05) is 7.05 Å². The Hall–Kier alpha value is -1.39. The summed E-state index contributed by atoms with van der Waals surface area (Å²) in [6.07, 6.45) is 0.333. The monoisotopic (exact) mass is 292 g/mol. The van der Waals surface area contributed by atoms with E-state index in [0.29, 0.717) is 11.6 Å².